The van der Waals surface area contributed by atoms with Crippen molar-refractivity contribution in [3.63, 3.8) is 0 Å². The van der Waals surface area contributed by atoms with Crippen molar-refractivity contribution >= 4 is 22.8 Å². The molecule has 1 amide bonds. The normalized spacial score (nSPS) is 15.7. The van der Waals surface area contributed by atoms with Crippen molar-refractivity contribution in [2.24, 2.45) is 5.92 Å². The SMILES string of the molecule is C[C@H](CN(C(=O)c1cc2cc(F)ccc2o1)C1CC1)C(=O)O. The average molecular weight is 305 g/mol. The van der Waals surface area contributed by atoms with Gasteiger partial charge in [0.15, 0.2) is 5.76 Å². The van der Waals surface area contributed by atoms with Crippen molar-refractivity contribution < 1.29 is 23.5 Å². The molecule has 1 heterocycles. The molecule has 116 valence electrons. The fourth-order valence-corrected chi connectivity index (χ4v) is 2.42. The highest BCUT2D eigenvalue weighted by Gasteiger charge is 2.36. The Kier molecular flexibility index (Phi) is 3.60. The van der Waals surface area contributed by atoms with Crippen molar-refractivity contribution in [3.8, 4) is 0 Å². The first-order chi connectivity index (χ1) is 10.5. The number of halogens is 1. The number of hydrogen-bond donors (Lipinski definition) is 1. The molecule has 1 aliphatic carbocycles. The van der Waals surface area contributed by atoms with E-state index in [1.54, 1.807) is 11.8 Å². The van der Waals surface area contributed by atoms with Gasteiger partial charge in [0.05, 0.1) is 5.92 Å². The highest BCUT2D eigenvalue weighted by molar-refractivity contribution is 5.96. The number of furan rings is 1. The van der Waals surface area contributed by atoms with E-state index in [1.807, 2.05) is 0 Å². The van der Waals surface area contributed by atoms with Crippen molar-refractivity contribution in [2.45, 2.75) is 25.8 Å². The lowest BCUT2D eigenvalue weighted by Crippen LogP contribution is -2.38. The summed E-state index contributed by atoms with van der Waals surface area (Å²) in [4.78, 5) is 25.1. The topological polar surface area (TPSA) is 70.8 Å². The van der Waals surface area contributed by atoms with Gasteiger partial charge in [0, 0.05) is 18.0 Å². The summed E-state index contributed by atoms with van der Waals surface area (Å²) in [6.45, 7) is 1.71. The molecule has 1 aliphatic rings. The molecular weight excluding hydrogens is 289 g/mol. The van der Waals surface area contributed by atoms with Gasteiger partial charge in [-0.2, -0.15) is 0 Å². The van der Waals surface area contributed by atoms with E-state index in [1.165, 1.54) is 24.3 Å². The summed E-state index contributed by atoms with van der Waals surface area (Å²) in [5.41, 5.74) is 0.437. The Hall–Kier alpha value is -2.37. The fraction of sp³-hybridized carbons (Fsp3) is 0.375. The Bertz CT molecular complexity index is 735. The second-order valence-corrected chi connectivity index (χ2v) is 5.72. The van der Waals surface area contributed by atoms with Gasteiger partial charge in [-0.25, -0.2) is 4.39 Å². The smallest absolute Gasteiger partial charge is 0.308 e. The average Bonchev–Trinajstić information content (AvgIpc) is 3.22. The molecule has 1 N–H and O–H groups in total. The minimum Gasteiger partial charge on any atom is -0.481 e. The van der Waals surface area contributed by atoms with Crippen LogP contribution in [0.25, 0.3) is 11.0 Å². The van der Waals surface area contributed by atoms with Crippen LogP contribution in [0.1, 0.15) is 30.3 Å². The molecule has 1 aromatic heterocycles. The first-order valence-electron chi connectivity index (χ1n) is 7.18. The van der Waals surface area contributed by atoms with Crippen LogP contribution in [-0.2, 0) is 4.79 Å². The standard InChI is InChI=1S/C16H16FNO4/c1-9(16(20)21)8-18(12-3-4-12)15(19)14-7-10-6-11(17)2-5-13(10)22-14/h2,5-7,9,12H,3-4,8H2,1H3,(H,20,21)/t9-/m1/s1. The van der Waals surface area contributed by atoms with Crippen molar-refractivity contribution in [1.82, 2.24) is 4.90 Å². The Morgan fingerprint density at radius 3 is 2.77 bits per heavy atom. The van der Waals surface area contributed by atoms with E-state index < -0.39 is 17.7 Å². The molecule has 1 atom stereocenters. The number of rotatable bonds is 5. The lowest BCUT2D eigenvalue weighted by molar-refractivity contribution is -0.141. The monoisotopic (exact) mass is 305 g/mol. The third kappa shape index (κ3) is 2.81. The Morgan fingerprint density at radius 1 is 1.41 bits per heavy atom. The maximum absolute atomic E-state index is 13.2. The van der Waals surface area contributed by atoms with Crippen LogP contribution in [0.3, 0.4) is 0 Å². The number of benzene rings is 1. The Labute approximate surface area is 126 Å². The summed E-state index contributed by atoms with van der Waals surface area (Å²) < 4.78 is 18.7. The highest BCUT2D eigenvalue weighted by atomic mass is 19.1. The number of amides is 1. The zero-order valence-electron chi connectivity index (χ0n) is 12.1. The van der Waals surface area contributed by atoms with E-state index in [9.17, 15) is 14.0 Å². The number of nitrogens with zero attached hydrogens (tertiary/aromatic N) is 1. The van der Waals surface area contributed by atoms with E-state index in [2.05, 4.69) is 0 Å². The van der Waals surface area contributed by atoms with Gasteiger partial charge in [-0.3, -0.25) is 9.59 Å². The molecule has 3 rings (SSSR count). The van der Waals surface area contributed by atoms with Gasteiger partial charge < -0.3 is 14.4 Å². The van der Waals surface area contributed by atoms with Gasteiger partial charge in [0.1, 0.15) is 11.4 Å². The maximum Gasteiger partial charge on any atom is 0.308 e. The molecule has 2 aromatic rings. The molecule has 1 aromatic carbocycles. The van der Waals surface area contributed by atoms with Crippen LogP contribution in [0.5, 0.6) is 0 Å². The molecule has 0 spiro atoms. The largest absolute Gasteiger partial charge is 0.481 e. The molecule has 0 radical (unpaired) electrons. The van der Waals surface area contributed by atoms with Gasteiger partial charge in [0.25, 0.3) is 5.91 Å². The van der Waals surface area contributed by atoms with Gasteiger partial charge in [0.2, 0.25) is 0 Å². The molecule has 1 saturated carbocycles. The molecular formula is C16H16FNO4. The minimum atomic E-state index is -0.940. The molecule has 0 bridgehead atoms. The third-order valence-electron chi connectivity index (χ3n) is 3.83. The third-order valence-corrected chi connectivity index (χ3v) is 3.83. The summed E-state index contributed by atoms with van der Waals surface area (Å²) in [6, 6.07) is 5.62. The van der Waals surface area contributed by atoms with Crippen molar-refractivity contribution in [3.05, 3.63) is 35.8 Å². The molecule has 5 nitrogen and oxygen atoms in total. The summed E-state index contributed by atoms with van der Waals surface area (Å²) in [6.07, 6.45) is 1.74. The van der Waals surface area contributed by atoms with Gasteiger partial charge in [-0.1, -0.05) is 6.92 Å². The van der Waals surface area contributed by atoms with E-state index in [-0.39, 0.29) is 24.3 Å². The summed E-state index contributed by atoms with van der Waals surface area (Å²) in [5, 5.41) is 9.55. The first kappa shape index (κ1) is 14.6. The predicted octanol–water partition coefficient (Wildman–Crippen LogP) is 2.90. The number of hydrogen-bond acceptors (Lipinski definition) is 3. The van der Waals surface area contributed by atoms with Crippen molar-refractivity contribution in [1.29, 1.82) is 0 Å². The van der Waals surface area contributed by atoms with E-state index in [0.29, 0.717) is 11.0 Å². The van der Waals surface area contributed by atoms with Crippen LogP contribution in [0.15, 0.2) is 28.7 Å². The zero-order valence-corrected chi connectivity index (χ0v) is 12.1. The van der Waals surface area contributed by atoms with Crippen LogP contribution in [0.4, 0.5) is 4.39 Å². The highest BCUT2D eigenvalue weighted by Crippen LogP contribution is 2.30. The minimum absolute atomic E-state index is 0.0687. The number of carbonyl (C=O) groups is 2. The lowest BCUT2D eigenvalue weighted by Gasteiger charge is -2.23. The quantitative estimate of drug-likeness (QED) is 0.922. The van der Waals surface area contributed by atoms with E-state index >= 15 is 0 Å². The summed E-state index contributed by atoms with van der Waals surface area (Å²) >= 11 is 0. The second kappa shape index (κ2) is 5.44. The molecule has 22 heavy (non-hydrogen) atoms. The molecule has 0 aliphatic heterocycles. The summed E-state index contributed by atoms with van der Waals surface area (Å²) in [7, 11) is 0. The lowest BCUT2D eigenvalue weighted by atomic mass is 10.1. The van der Waals surface area contributed by atoms with E-state index in [0.717, 1.165) is 12.8 Å². The molecule has 0 saturated heterocycles. The zero-order chi connectivity index (χ0) is 15.9. The van der Waals surface area contributed by atoms with Crippen LogP contribution >= 0.6 is 0 Å². The van der Waals surface area contributed by atoms with Gasteiger partial charge >= 0.3 is 5.97 Å². The number of carboxylic acids is 1. The summed E-state index contributed by atoms with van der Waals surface area (Å²) in [5.74, 6) is -2.21. The van der Waals surface area contributed by atoms with Crippen LogP contribution in [0.2, 0.25) is 0 Å². The fourth-order valence-electron chi connectivity index (χ4n) is 2.42. The van der Waals surface area contributed by atoms with E-state index in [4.69, 9.17) is 9.52 Å². The number of aliphatic carboxylic acids is 1. The number of carbonyl (C=O) groups excluding carboxylic acids is 1. The molecule has 0 unspecified atom stereocenters. The van der Waals surface area contributed by atoms with Crippen LogP contribution in [0, 0.1) is 11.7 Å². The van der Waals surface area contributed by atoms with Gasteiger partial charge in [-0.05, 0) is 37.1 Å². The number of carboxylic acid groups (broad SMARTS) is 1. The molecule has 6 heteroatoms. The van der Waals surface area contributed by atoms with Crippen LogP contribution in [-0.4, -0.2) is 34.5 Å². The van der Waals surface area contributed by atoms with Crippen LogP contribution < -0.4 is 0 Å². The Morgan fingerprint density at radius 2 is 2.14 bits per heavy atom. The van der Waals surface area contributed by atoms with Crippen molar-refractivity contribution in [2.75, 3.05) is 6.54 Å². The van der Waals surface area contributed by atoms with Gasteiger partial charge in [-0.15, -0.1) is 0 Å². The first-order valence-corrected chi connectivity index (χ1v) is 7.18. The second-order valence-electron chi connectivity index (χ2n) is 5.72. The maximum atomic E-state index is 13.2. The number of fused-ring (bicyclic) bond motifs is 1. The Balaban J connectivity index is 1.86. The predicted molar refractivity (Wildman–Crippen MR) is 77.0 cm³/mol. The molecule has 1 fully saturated rings.